The monoisotopic (exact) mass is 292 g/mol. The fourth-order valence-corrected chi connectivity index (χ4v) is 3.85. The van der Waals surface area contributed by atoms with Crippen LogP contribution in [0, 0.1) is 6.92 Å². The molecule has 0 saturated heterocycles. The molecule has 0 fully saturated rings. The number of hydrogen-bond donors (Lipinski definition) is 1. The minimum Gasteiger partial charge on any atom is -0.387 e. The first-order valence-electron chi connectivity index (χ1n) is 4.73. The molecule has 2 aromatic heterocycles. The molecular weight excluding hydrogens is 283 g/mol. The summed E-state index contributed by atoms with van der Waals surface area (Å²) in [6.07, 6.45) is 0.0257. The molecule has 2 rings (SSSR count). The van der Waals surface area contributed by atoms with Gasteiger partial charge in [-0.25, -0.2) is 0 Å². The Morgan fingerprint density at radius 3 is 2.62 bits per heavy atom. The van der Waals surface area contributed by atoms with Crippen LogP contribution in [0.15, 0.2) is 17.5 Å². The van der Waals surface area contributed by atoms with Crippen LogP contribution < -0.4 is 0 Å². The molecule has 86 valence electrons. The van der Waals surface area contributed by atoms with Gasteiger partial charge in [-0.1, -0.05) is 23.2 Å². The van der Waals surface area contributed by atoms with E-state index in [9.17, 15) is 5.11 Å². The number of thiophene rings is 2. The van der Waals surface area contributed by atoms with Crippen molar-refractivity contribution in [3.63, 3.8) is 0 Å². The van der Waals surface area contributed by atoms with Crippen molar-refractivity contribution in [2.75, 3.05) is 0 Å². The Morgan fingerprint density at radius 1 is 1.38 bits per heavy atom. The minimum absolute atomic E-state index is 0.541. The first-order valence-corrected chi connectivity index (χ1v) is 7.19. The van der Waals surface area contributed by atoms with Gasteiger partial charge >= 0.3 is 0 Å². The summed E-state index contributed by atoms with van der Waals surface area (Å²) in [6, 6.07) is 3.78. The smallest absolute Gasteiger partial charge is 0.0945 e. The van der Waals surface area contributed by atoms with E-state index >= 15 is 0 Å². The average molecular weight is 293 g/mol. The molecule has 0 saturated carbocycles. The Bertz CT molecular complexity index is 490. The van der Waals surface area contributed by atoms with Gasteiger partial charge in [0.15, 0.2) is 0 Å². The maximum Gasteiger partial charge on any atom is 0.0945 e. The number of aliphatic hydroxyl groups is 1. The number of aliphatic hydroxyl groups excluding tert-OH is 1. The van der Waals surface area contributed by atoms with Gasteiger partial charge in [-0.3, -0.25) is 0 Å². The lowest BCUT2D eigenvalue weighted by Crippen LogP contribution is -1.98. The van der Waals surface area contributed by atoms with Crippen LogP contribution >= 0.6 is 45.9 Å². The molecule has 0 radical (unpaired) electrons. The van der Waals surface area contributed by atoms with Crippen LogP contribution in [0.2, 0.25) is 9.36 Å². The van der Waals surface area contributed by atoms with Crippen molar-refractivity contribution < 1.29 is 5.11 Å². The highest BCUT2D eigenvalue weighted by Gasteiger charge is 2.16. The van der Waals surface area contributed by atoms with Crippen LogP contribution in [-0.4, -0.2) is 5.11 Å². The van der Waals surface area contributed by atoms with E-state index in [1.54, 1.807) is 0 Å². The van der Waals surface area contributed by atoms with Crippen LogP contribution in [-0.2, 0) is 6.42 Å². The molecule has 0 aromatic carbocycles. The van der Waals surface area contributed by atoms with Crippen molar-refractivity contribution in [2.45, 2.75) is 19.4 Å². The second kappa shape index (κ2) is 5.07. The van der Waals surface area contributed by atoms with Crippen molar-refractivity contribution in [2.24, 2.45) is 0 Å². The first kappa shape index (κ1) is 12.4. The Kier molecular flexibility index (Phi) is 3.93. The van der Waals surface area contributed by atoms with Crippen molar-refractivity contribution in [1.29, 1.82) is 0 Å². The third kappa shape index (κ3) is 2.60. The van der Waals surface area contributed by atoms with Crippen LogP contribution in [0.4, 0.5) is 0 Å². The average Bonchev–Trinajstić information content (AvgIpc) is 2.76. The Hall–Kier alpha value is -0.0600. The van der Waals surface area contributed by atoms with Crippen LogP contribution in [0.25, 0.3) is 0 Å². The van der Waals surface area contributed by atoms with Crippen LogP contribution in [0.5, 0.6) is 0 Å². The molecule has 1 N–H and O–H groups in total. The fourth-order valence-electron chi connectivity index (χ4n) is 1.42. The van der Waals surface area contributed by atoms with E-state index in [0.29, 0.717) is 11.4 Å². The Labute approximate surface area is 112 Å². The molecule has 1 nitrogen and oxygen atoms in total. The molecule has 2 aromatic rings. The van der Waals surface area contributed by atoms with Gasteiger partial charge in [0.05, 0.1) is 20.3 Å². The van der Waals surface area contributed by atoms with Crippen molar-refractivity contribution in [3.05, 3.63) is 42.2 Å². The number of rotatable bonds is 3. The van der Waals surface area contributed by atoms with E-state index in [1.807, 2.05) is 24.4 Å². The first-order chi connectivity index (χ1) is 7.58. The van der Waals surface area contributed by atoms with Gasteiger partial charge in [0.25, 0.3) is 0 Å². The van der Waals surface area contributed by atoms with Gasteiger partial charge in [-0.15, -0.1) is 22.7 Å². The summed E-state index contributed by atoms with van der Waals surface area (Å²) in [5, 5.41) is 12.7. The van der Waals surface area contributed by atoms with E-state index in [2.05, 4.69) is 0 Å². The largest absolute Gasteiger partial charge is 0.387 e. The Morgan fingerprint density at radius 2 is 2.12 bits per heavy atom. The zero-order valence-corrected chi connectivity index (χ0v) is 11.7. The van der Waals surface area contributed by atoms with Crippen LogP contribution in [0.3, 0.4) is 0 Å². The summed E-state index contributed by atoms with van der Waals surface area (Å²) in [5.41, 5.74) is 1.02. The van der Waals surface area contributed by atoms with Gasteiger partial charge in [0, 0.05) is 11.3 Å². The second-order valence-corrected chi connectivity index (χ2v) is 6.61. The number of hydrogen-bond acceptors (Lipinski definition) is 3. The summed E-state index contributed by atoms with van der Waals surface area (Å²) in [4.78, 5) is 1.91. The van der Waals surface area contributed by atoms with E-state index < -0.39 is 6.10 Å². The van der Waals surface area contributed by atoms with Gasteiger partial charge in [0.2, 0.25) is 0 Å². The normalized spacial score (nSPS) is 13.0. The van der Waals surface area contributed by atoms with E-state index in [0.717, 1.165) is 19.7 Å². The van der Waals surface area contributed by atoms with Gasteiger partial charge < -0.3 is 5.11 Å². The lowest BCUT2D eigenvalue weighted by Gasteiger charge is -2.07. The van der Waals surface area contributed by atoms with E-state index in [1.165, 1.54) is 22.7 Å². The zero-order valence-electron chi connectivity index (χ0n) is 8.54. The number of halogens is 2. The summed E-state index contributed by atoms with van der Waals surface area (Å²) < 4.78 is 0.746. The maximum absolute atomic E-state index is 10.1. The highest BCUT2D eigenvalue weighted by molar-refractivity contribution is 7.16. The van der Waals surface area contributed by atoms with E-state index in [-0.39, 0.29) is 0 Å². The second-order valence-electron chi connectivity index (χ2n) is 3.52. The van der Waals surface area contributed by atoms with Gasteiger partial charge in [-0.2, -0.15) is 0 Å². The summed E-state index contributed by atoms with van der Waals surface area (Å²) in [7, 11) is 0. The summed E-state index contributed by atoms with van der Waals surface area (Å²) >= 11 is 14.9. The minimum atomic E-state index is -0.541. The molecule has 0 bridgehead atoms. The lowest BCUT2D eigenvalue weighted by molar-refractivity contribution is 0.183. The highest BCUT2D eigenvalue weighted by Crippen LogP contribution is 2.35. The lowest BCUT2D eigenvalue weighted by atomic mass is 10.2. The molecule has 1 unspecified atom stereocenters. The standard InChI is InChI=1S/C11H10Cl2OS2/c1-6-5-15-11(10(6)13)8(14)4-7-2-3-9(12)16-7/h2-3,5,8,14H,4H2,1H3. The highest BCUT2D eigenvalue weighted by atomic mass is 35.5. The van der Waals surface area contributed by atoms with Crippen molar-refractivity contribution in [3.8, 4) is 0 Å². The maximum atomic E-state index is 10.1. The zero-order chi connectivity index (χ0) is 11.7. The van der Waals surface area contributed by atoms with E-state index in [4.69, 9.17) is 23.2 Å². The molecule has 0 spiro atoms. The molecular formula is C11H10Cl2OS2. The SMILES string of the molecule is Cc1csc(C(O)Cc2ccc(Cl)s2)c1Cl. The topological polar surface area (TPSA) is 20.2 Å². The predicted molar refractivity (Wildman–Crippen MR) is 72.1 cm³/mol. The van der Waals surface area contributed by atoms with Crippen molar-refractivity contribution >= 4 is 45.9 Å². The predicted octanol–water partition coefficient (Wildman–Crippen LogP) is 4.70. The Balaban J connectivity index is 2.14. The molecule has 0 aliphatic heterocycles. The van der Waals surface area contributed by atoms with Gasteiger partial charge in [0.1, 0.15) is 0 Å². The van der Waals surface area contributed by atoms with Crippen LogP contribution in [0.1, 0.15) is 21.4 Å². The quantitative estimate of drug-likeness (QED) is 0.869. The molecule has 2 heterocycles. The van der Waals surface area contributed by atoms with Crippen molar-refractivity contribution in [1.82, 2.24) is 0 Å². The molecule has 0 aliphatic rings. The third-order valence-electron chi connectivity index (χ3n) is 2.25. The number of aryl methyl sites for hydroxylation is 1. The molecule has 0 amide bonds. The summed E-state index contributed by atoms with van der Waals surface area (Å²) in [6.45, 7) is 1.94. The molecule has 0 aliphatic carbocycles. The molecule has 16 heavy (non-hydrogen) atoms. The fraction of sp³-hybridized carbons (Fsp3) is 0.273. The third-order valence-corrected chi connectivity index (χ3v) is 5.32. The molecule has 5 heteroatoms. The molecule has 1 atom stereocenters. The summed E-state index contributed by atoms with van der Waals surface area (Å²) in [5.74, 6) is 0. The van der Waals surface area contributed by atoms with Gasteiger partial charge in [-0.05, 0) is 30.0 Å².